The van der Waals surface area contributed by atoms with E-state index < -0.39 is 5.54 Å². The second-order valence-corrected chi connectivity index (χ2v) is 6.27. The maximum atomic E-state index is 12.6. The summed E-state index contributed by atoms with van der Waals surface area (Å²) in [6.45, 7) is 4.35. The van der Waals surface area contributed by atoms with Gasteiger partial charge in [0.25, 0.3) is 5.91 Å². The highest BCUT2D eigenvalue weighted by atomic mass is 32.1. The van der Waals surface area contributed by atoms with Crippen LogP contribution in [0, 0.1) is 0 Å². The van der Waals surface area contributed by atoms with E-state index in [2.05, 4.69) is 10.5 Å². The van der Waals surface area contributed by atoms with E-state index in [-0.39, 0.29) is 17.5 Å². The molecule has 1 fully saturated rings. The first-order chi connectivity index (χ1) is 10.00. The van der Waals surface area contributed by atoms with Crippen LogP contribution in [0.2, 0.25) is 0 Å². The van der Waals surface area contributed by atoms with Crippen LogP contribution in [0.15, 0.2) is 28.1 Å². The van der Waals surface area contributed by atoms with E-state index in [0.29, 0.717) is 18.8 Å². The number of aromatic nitrogens is 1. The summed E-state index contributed by atoms with van der Waals surface area (Å²) in [5, 5.41) is 8.54. The van der Waals surface area contributed by atoms with Gasteiger partial charge >= 0.3 is 0 Å². The minimum Gasteiger partial charge on any atom is -0.355 e. The zero-order valence-corrected chi connectivity index (χ0v) is 12.6. The van der Waals surface area contributed by atoms with Crippen molar-refractivity contribution in [2.24, 2.45) is 0 Å². The molecule has 1 aliphatic rings. The van der Waals surface area contributed by atoms with Crippen LogP contribution in [-0.4, -0.2) is 40.5 Å². The molecule has 0 saturated carbocycles. The van der Waals surface area contributed by atoms with Gasteiger partial charge in [-0.25, -0.2) is 0 Å². The predicted octanol–water partition coefficient (Wildman–Crippen LogP) is 1.75. The van der Waals surface area contributed by atoms with Gasteiger partial charge in [0.15, 0.2) is 11.5 Å². The van der Waals surface area contributed by atoms with Gasteiger partial charge in [-0.3, -0.25) is 9.59 Å². The molecular weight excluding hydrogens is 290 g/mol. The summed E-state index contributed by atoms with van der Waals surface area (Å²) in [5.74, 6) is 0.109. The predicted molar refractivity (Wildman–Crippen MR) is 77.9 cm³/mol. The molecule has 0 bridgehead atoms. The van der Waals surface area contributed by atoms with Crippen LogP contribution in [0.4, 0.5) is 0 Å². The quantitative estimate of drug-likeness (QED) is 0.917. The van der Waals surface area contributed by atoms with Gasteiger partial charge in [-0.1, -0.05) is 11.2 Å². The van der Waals surface area contributed by atoms with Gasteiger partial charge in [0.2, 0.25) is 5.91 Å². The Hall–Kier alpha value is -2.15. The Labute approximate surface area is 125 Å². The number of carbonyl (C=O) groups is 2. The SMILES string of the molecule is CC1(C)C(=O)NCCN1C(=O)c1cc(-c2cccs2)on1. The number of nitrogens with one attached hydrogen (secondary N) is 1. The van der Waals surface area contributed by atoms with Gasteiger partial charge < -0.3 is 14.7 Å². The number of hydrogen-bond donors (Lipinski definition) is 1. The van der Waals surface area contributed by atoms with E-state index in [1.165, 1.54) is 16.2 Å². The van der Waals surface area contributed by atoms with Crippen LogP contribution in [0.5, 0.6) is 0 Å². The first kappa shape index (κ1) is 13.8. The van der Waals surface area contributed by atoms with Crippen LogP contribution >= 0.6 is 11.3 Å². The molecule has 2 amide bonds. The lowest BCUT2D eigenvalue weighted by atomic mass is 9.98. The second kappa shape index (κ2) is 5.00. The molecule has 1 N–H and O–H groups in total. The minimum atomic E-state index is -0.891. The highest BCUT2D eigenvalue weighted by Gasteiger charge is 2.41. The monoisotopic (exact) mass is 305 g/mol. The first-order valence-corrected chi connectivity index (χ1v) is 7.49. The van der Waals surface area contributed by atoms with Gasteiger partial charge in [0.05, 0.1) is 4.88 Å². The Morgan fingerprint density at radius 1 is 1.52 bits per heavy atom. The molecule has 6 nitrogen and oxygen atoms in total. The van der Waals surface area contributed by atoms with Crippen LogP contribution < -0.4 is 5.32 Å². The summed E-state index contributed by atoms with van der Waals surface area (Å²) in [4.78, 5) is 26.9. The van der Waals surface area contributed by atoms with Crippen molar-refractivity contribution in [3.8, 4) is 10.6 Å². The number of carbonyl (C=O) groups excluding carboxylic acids is 2. The van der Waals surface area contributed by atoms with E-state index in [1.54, 1.807) is 19.9 Å². The lowest BCUT2D eigenvalue weighted by Crippen LogP contribution is -2.63. The summed E-state index contributed by atoms with van der Waals surface area (Å²) < 4.78 is 5.23. The number of piperazine rings is 1. The summed E-state index contributed by atoms with van der Waals surface area (Å²) in [6.07, 6.45) is 0. The van der Waals surface area contributed by atoms with Crippen LogP contribution in [-0.2, 0) is 4.79 Å². The molecule has 2 aromatic rings. The van der Waals surface area contributed by atoms with Gasteiger partial charge in [-0.05, 0) is 25.3 Å². The number of hydrogen-bond acceptors (Lipinski definition) is 5. The van der Waals surface area contributed by atoms with Crippen molar-refractivity contribution in [3.63, 3.8) is 0 Å². The van der Waals surface area contributed by atoms with E-state index in [9.17, 15) is 9.59 Å². The molecule has 2 aromatic heterocycles. The van der Waals surface area contributed by atoms with Crippen molar-refractivity contribution in [2.75, 3.05) is 13.1 Å². The highest BCUT2D eigenvalue weighted by Crippen LogP contribution is 2.27. The summed E-state index contributed by atoms with van der Waals surface area (Å²) in [6, 6.07) is 5.43. The van der Waals surface area contributed by atoms with Crippen molar-refractivity contribution in [2.45, 2.75) is 19.4 Å². The molecule has 3 rings (SSSR count). The zero-order chi connectivity index (χ0) is 15.0. The average Bonchev–Trinajstić information content (AvgIpc) is 3.10. The average molecular weight is 305 g/mol. The second-order valence-electron chi connectivity index (χ2n) is 5.33. The number of rotatable bonds is 2. The molecule has 0 spiro atoms. The fourth-order valence-electron chi connectivity index (χ4n) is 2.30. The van der Waals surface area contributed by atoms with Crippen molar-refractivity contribution in [1.82, 2.24) is 15.4 Å². The van der Waals surface area contributed by atoms with Crippen LogP contribution in [0.3, 0.4) is 0 Å². The Bertz CT molecular complexity index is 675. The Kier molecular flexibility index (Phi) is 3.29. The number of amides is 2. The number of nitrogens with zero attached hydrogens (tertiary/aromatic N) is 2. The topological polar surface area (TPSA) is 75.4 Å². The van der Waals surface area contributed by atoms with Crippen molar-refractivity contribution < 1.29 is 14.1 Å². The van der Waals surface area contributed by atoms with Crippen molar-refractivity contribution >= 4 is 23.2 Å². The third-order valence-electron chi connectivity index (χ3n) is 3.59. The molecular formula is C14H15N3O3S. The molecule has 1 aliphatic heterocycles. The summed E-state index contributed by atoms with van der Waals surface area (Å²) in [7, 11) is 0. The van der Waals surface area contributed by atoms with Crippen molar-refractivity contribution in [1.29, 1.82) is 0 Å². The third-order valence-corrected chi connectivity index (χ3v) is 4.47. The largest absolute Gasteiger partial charge is 0.355 e. The van der Waals surface area contributed by atoms with Crippen LogP contribution in [0.25, 0.3) is 10.6 Å². The molecule has 0 unspecified atom stereocenters. The smallest absolute Gasteiger partial charge is 0.276 e. The maximum absolute atomic E-state index is 12.6. The highest BCUT2D eigenvalue weighted by molar-refractivity contribution is 7.13. The fourth-order valence-corrected chi connectivity index (χ4v) is 2.98. The first-order valence-electron chi connectivity index (χ1n) is 6.61. The maximum Gasteiger partial charge on any atom is 0.276 e. The van der Waals surface area contributed by atoms with Gasteiger partial charge in [0.1, 0.15) is 5.54 Å². The lowest BCUT2D eigenvalue weighted by Gasteiger charge is -2.40. The molecule has 7 heteroatoms. The normalized spacial score (nSPS) is 17.6. The van der Waals surface area contributed by atoms with Crippen molar-refractivity contribution in [3.05, 3.63) is 29.3 Å². The Morgan fingerprint density at radius 2 is 2.33 bits per heavy atom. The molecule has 0 aliphatic carbocycles. The summed E-state index contributed by atoms with van der Waals surface area (Å²) in [5.41, 5.74) is -0.668. The van der Waals surface area contributed by atoms with Gasteiger partial charge in [0, 0.05) is 19.2 Å². The van der Waals surface area contributed by atoms with E-state index >= 15 is 0 Å². The molecule has 0 aromatic carbocycles. The van der Waals surface area contributed by atoms with Crippen LogP contribution in [0.1, 0.15) is 24.3 Å². The lowest BCUT2D eigenvalue weighted by molar-refractivity contribution is -0.133. The molecule has 3 heterocycles. The molecule has 1 saturated heterocycles. The molecule has 110 valence electrons. The van der Waals surface area contributed by atoms with Gasteiger partial charge in [-0.15, -0.1) is 11.3 Å². The van der Waals surface area contributed by atoms with Gasteiger partial charge in [-0.2, -0.15) is 0 Å². The van der Waals surface area contributed by atoms with E-state index in [4.69, 9.17) is 4.52 Å². The molecule has 0 radical (unpaired) electrons. The molecule has 0 atom stereocenters. The number of thiophene rings is 1. The zero-order valence-electron chi connectivity index (χ0n) is 11.8. The van der Waals surface area contributed by atoms with E-state index in [1.807, 2.05) is 17.5 Å². The fraction of sp³-hybridized carbons (Fsp3) is 0.357. The Balaban J connectivity index is 1.87. The molecule has 21 heavy (non-hydrogen) atoms. The summed E-state index contributed by atoms with van der Waals surface area (Å²) >= 11 is 1.51. The minimum absolute atomic E-state index is 0.163. The third kappa shape index (κ3) is 2.33. The van der Waals surface area contributed by atoms with E-state index in [0.717, 1.165) is 4.88 Å². The Morgan fingerprint density at radius 3 is 3.05 bits per heavy atom. The standard InChI is InChI=1S/C14H15N3O3S/c1-14(2)13(19)15-5-6-17(14)12(18)9-8-10(20-16-9)11-4-3-7-21-11/h3-4,7-8H,5-6H2,1-2H3,(H,15,19).